The van der Waals surface area contributed by atoms with Gasteiger partial charge in [-0.2, -0.15) is 0 Å². The molecular formula is C26H31N3O3S. The van der Waals surface area contributed by atoms with Crippen molar-refractivity contribution in [1.29, 1.82) is 0 Å². The number of aryl methyl sites for hydroxylation is 2. The van der Waals surface area contributed by atoms with Gasteiger partial charge in [-0.3, -0.25) is 0 Å². The molecule has 33 heavy (non-hydrogen) atoms. The summed E-state index contributed by atoms with van der Waals surface area (Å²) in [5.41, 5.74) is 6.06. The minimum atomic E-state index is -1.00. The lowest BCUT2D eigenvalue weighted by molar-refractivity contribution is 0.0270. The average Bonchev–Trinajstić information content (AvgIpc) is 3.10. The molecule has 1 unspecified atom stereocenters. The van der Waals surface area contributed by atoms with E-state index in [2.05, 4.69) is 29.7 Å². The number of carbonyl (C=O) groups is 1. The Morgan fingerprint density at radius 1 is 1.15 bits per heavy atom. The van der Waals surface area contributed by atoms with Gasteiger partial charge in [0, 0.05) is 25.7 Å². The summed E-state index contributed by atoms with van der Waals surface area (Å²) in [6.07, 6.45) is 4.32. The van der Waals surface area contributed by atoms with Gasteiger partial charge in [-0.25, -0.2) is 9.78 Å². The fourth-order valence-corrected chi connectivity index (χ4v) is 4.64. The average molecular weight is 466 g/mol. The van der Waals surface area contributed by atoms with Crippen LogP contribution in [0.1, 0.15) is 38.3 Å². The first-order valence-corrected chi connectivity index (χ1v) is 12.7. The second kappa shape index (κ2) is 8.88. The van der Waals surface area contributed by atoms with E-state index in [1.165, 1.54) is 5.57 Å². The van der Waals surface area contributed by atoms with Crippen LogP contribution in [0.15, 0.2) is 47.4 Å². The third kappa shape index (κ3) is 4.94. The Morgan fingerprint density at radius 3 is 2.42 bits per heavy atom. The molecule has 0 N–H and O–H groups in total. The highest BCUT2D eigenvalue weighted by Gasteiger charge is 2.24. The summed E-state index contributed by atoms with van der Waals surface area (Å²) in [7, 11) is 2.03. The van der Waals surface area contributed by atoms with Crippen molar-refractivity contribution in [2.75, 3.05) is 19.3 Å². The molecule has 1 amide bonds. The van der Waals surface area contributed by atoms with Crippen molar-refractivity contribution in [1.82, 2.24) is 14.5 Å². The number of carbonyl (C=O) groups excluding carboxylic acids is 1. The molecule has 0 saturated carbocycles. The first kappa shape index (κ1) is 23.4. The van der Waals surface area contributed by atoms with E-state index in [1.54, 1.807) is 11.2 Å². The zero-order valence-corrected chi connectivity index (χ0v) is 21.0. The quantitative estimate of drug-likeness (QED) is 0.492. The van der Waals surface area contributed by atoms with Gasteiger partial charge in [-0.1, -0.05) is 6.08 Å². The van der Waals surface area contributed by atoms with Crippen molar-refractivity contribution in [2.24, 2.45) is 7.05 Å². The summed E-state index contributed by atoms with van der Waals surface area (Å²) in [5.74, 6) is 0.882. The van der Waals surface area contributed by atoms with Gasteiger partial charge < -0.3 is 18.8 Å². The van der Waals surface area contributed by atoms with E-state index in [0.29, 0.717) is 13.1 Å². The number of imidazole rings is 1. The molecule has 2 aromatic carbocycles. The molecule has 0 fully saturated rings. The van der Waals surface area contributed by atoms with Crippen LogP contribution < -0.4 is 0 Å². The van der Waals surface area contributed by atoms with Crippen molar-refractivity contribution < 1.29 is 14.1 Å². The first-order chi connectivity index (χ1) is 15.5. The number of rotatable bonds is 3. The minimum absolute atomic E-state index is 0.265. The van der Waals surface area contributed by atoms with Crippen LogP contribution >= 0.6 is 0 Å². The van der Waals surface area contributed by atoms with Gasteiger partial charge in [0.15, 0.2) is 4.90 Å². The van der Waals surface area contributed by atoms with Gasteiger partial charge in [-0.05, 0) is 98.4 Å². The van der Waals surface area contributed by atoms with Gasteiger partial charge in [0.1, 0.15) is 17.7 Å². The largest absolute Gasteiger partial charge is 0.612 e. The third-order valence-corrected chi connectivity index (χ3v) is 6.79. The molecule has 2 heterocycles. The number of hydrogen-bond donors (Lipinski definition) is 0. The molecule has 4 rings (SSSR count). The Kier molecular flexibility index (Phi) is 6.29. The fourth-order valence-electron chi connectivity index (χ4n) is 4.12. The Labute approximate surface area is 198 Å². The molecule has 6 nitrogen and oxygen atoms in total. The van der Waals surface area contributed by atoms with Crippen LogP contribution in [0.3, 0.4) is 0 Å². The van der Waals surface area contributed by atoms with Crippen LogP contribution in [0.25, 0.3) is 28.0 Å². The summed E-state index contributed by atoms with van der Waals surface area (Å²) in [6.45, 7) is 8.92. The van der Waals surface area contributed by atoms with Crippen molar-refractivity contribution in [3.8, 4) is 11.4 Å². The Morgan fingerprint density at radius 2 is 1.85 bits per heavy atom. The van der Waals surface area contributed by atoms with E-state index >= 15 is 0 Å². The zero-order valence-electron chi connectivity index (χ0n) is 20.1. The highest BCUT2D eigenvalue weighted by Crippen LogP contribution is 2.31. The highest BCUT2D eigenvalue weighted by atomic mass is 32.2. The summed E-state index contributed by atoms with van der Waals surface area (Å²) >= 11 is -1.00. The fraction of sp³-hybridized carbons (Fsp3) is 0.385. The maximum Gasteiger partial charge on any atom is 0.410 e. The maximum atomic E-state index is 12.4. The molecular weight excluding hydrogens is 434 g/mol. The number of fused-ring (bicyclic) bond motifs is 1. The molecule has 3 aromatic rings. The van der Waals surface area contributed by atoms with Crippen LogP contribution in [-0.2, 0) is 23.0 Å². The second-order valence-electron chi connectivity index (χ2n) is 9.54. The zero-order chi connectivity index (χ0) is 23.9. The monoisotopic (exact) mass is 465 g/mol. The molecule has 0 saturated heterocycles. The number of hydrogen-bond acceptors (Lipinski definition) is 4. The molecule has 0 bridgehead atoms. The lowest BCUT2D eigenvalue weighted by Crippen LogP contribution is -2.39. The van der Waals surface area contributed by atoms with E-state index < -0.39 is 16.8 Å². The van der Waals surface area contributed by atoms with Gasteiger partial charge in [0.05, 0.1) is 11.0 Å². The SMILES string of the molecule is Cc1cc(C2=CCN(C(=O)OC(C)(C)C)CC2)cc2c1nc(-c1ccc([S+](C)[O-])cc1)n2C. The van der Waals surface area contributed by atoms with Gasteiger partial charge >= 0.3 is 6.09 Å². The van der Waals surface area contributed by atoms with Crippen molar-refractivity contribution in [3.05, 3.63) is 53.6 Å². The number of nitrogens with zero attached hydrogens (tertiary/aromatic N) is 3. The Balaban J connectivity index is 1.62. The van der Waals surface area contributed by atoms with Crippen molar-refractivity contribution >= 4 is 33.9 Å². The summed E-state index contributed by atoms with van der Waals surface area (Å²) < 4.78 is 19.3. The van der Waals surface area contributed by atoms with Gasteiger partial charge in [-0.15, -0.1) is 0 Å². The standard InChI is InChI=1S/C26H31N3O3S/c1-17-15-20(18-11-13-29(14-12-18)25(30)32-26(2,3)4)16-22-23(17)27-24(28(22)5)19-7-9-21(10-8-19)33(6)31/h7-11,15-16H,12-14H2,1-6H3. The smallest absolute Gasteiger partial charge is 0.410 e. The predicted octanol–water partition coefficient (Wildman–Crippen LogP) is 5.31. The third-order valence-electron chi connectivity index (χ3n) is 5.85. The molecule has 174 valence electrons. The number of benzene rings is 2. The first-order valence-electron chi connectivity index (χ1n) is 11.1. The van der Waals surface area contributed by atoms with E-state index in [1.807, 2.05) is 52.1 Å². The highest BCUT2D eigenvalue weighted by molar-refractivity contribution is 7.90. The van der Waals surface area contributed by atoms with Crippen LogP contribution in [0.2, 0.25) is 0 Å². The van der Waals surface area contributed by atoms with Crippen LogP contribution in [-0.4, -0.2) is 50.0 Å². The number of ether oxygens (including phenoxy) is 1. The van der Waals surface area contributed by atoms with Crippen molar-refractivity contribution in [2.45, 2.75) is 44.6 Å². The van der Waals surface area contributed by atoms with Crippen LogP contribution in [0, 0.1) is 6.92 Å². The van der Waals surface area contributed by atoms with E-state index in [9.17, 15) is 9.35 Å². The van der Waals surface area contributed by atoms with Gasteiger partial charge in [0.2, 0.25) is 0 Å². The molecule has 0 spiro atoms. The maximum absolute atomic E-state index is 12.4. The summed E-state index contributed by atoms with van der Waals surface area (Å²) in [5, 5.41) is 0. The number of aromatic nitrogens is 2. The molecule has 1 aliphatic heterocycles. The summed E-state index contributed by atoms with van der Waals surface area (Å²) in [4.78, 5) is 19.8. The van der Waals surface area contributed by atoms with Crippen molar-refractivity contribution in [3.63, 3.8) is 0 Å². The lowest BCUT2D eigenvalue weighted by Gasteiger charge is -2.29. The summed E-state index contributed by atoms with van der Waals surface area (Å²) in [6, 6.07) is 12.1. The van der Waals surface area contributed by atoms with E-state index in [0.717, 1.165) is 44.9 Å². The Bertz CT molecular complexity index is 1220. The van der Waals surface area contributed by atoms with Crippen LogP contribution in [0.4, 0.5) is 4.79 Å². The molecule has 1 aromatic heterocycles. The minimum Gasteiger partial charge on any atom is -0.612 e. The van der Waals surface area contributed by atoms with E-state index in [4.69, 9.17) is 9.72 Å². The van der Waals surface area contributed by atoms with Crippen LogP contribution in [0.5, 0.6) is 0 Å². The molecule has 1 aliphatic rings. The second-order valence-corrected chi connectivity index (χ2v) is 10.9. The lowest BCUT2D eigenvalue weighted by atomic mass is 9.97. The molecule has 0 aliphatic carbocycles. The molecule has 1 atom stereocenters. The topological polar surface area (TPSA) is 70.4 Å². The van der Waals surface area contributed by atoms with E-state index in [-0.39, 0.29) is 6.09 Å². The van der Waals surface area contributed by atoms with Gasteiger partial charge in [0.25, 0.3) is 0 Å². The molecule has 7 heteroatoms. The normalized spacial score (nSPS) is 15.5. The Hall–Kier alpha value is -2.77. The molecule has 0 radical (unpaired) electrons. The number of amides is 1. The predicted molar refractivity (Wildman–Crippen MR) is 134 cm³/mol.